The molecule has 0 aromatic carbocycles. The maximum atomic E-state index is 4.83. The van der Waals surface area contributed by atoms with Crippen LogP contribution in [0, 0.1) is 0 Å². The third kappa shape index (κ3) is 31.5. The Hall–Kier alpha value is 0.752. The molecule has 100 valence electrons. The normalized spacial score (nSPS) is 8.12. The van der Waals surface area contributed by atoms with Crippen molar-refractivity contribution in [2.45, 2.75) is 39.5 Å². The Labute approximate surface area is 137 Å². The summed E-state index contributed by atoms with van der Waals surface area (Å²) in [5.74, 6) is 0. The molecule has 0 saturated carbocycles. The Balaban J connectivity index is -0.000000218. The summed E-state index contributed by atoms with van der Waals surface area (Å²) in [5, 5.41) is 0. The summed E-state index contributed by atoms with van der Waals surface area (Å²) in [5.41, 5.74) is 0. The van der Waals surface area contributed by atoms with Gasteiger partial charge in [-0.25, -0.2) is 0 Å². The first kappa shape index (κ1) is 22.9. The number of unbranched alkanes of at least 4 members (excludes halogenated alkanes) is 2. The van der Waals surface area contributed by atoms with Gasteiger partial charge in [0.1, 0.15) is 0 Å². The van der Waals surface area contributed by atoms with Crippen LogP contribution < -0.4 is 0 Å². The van der Waals surface area contributed by atoms with Crippen molar-refractivity contribution in [1.29, 1.82) is 0 Å². The van der Waals surface area contributed by atoms with Crippen molar-refractivity contribution in [2.75, 3.05) is 13.2 Å². The molecule has 0 aromatic heterocycles. The molecule has 0 radical (unpaired) electrons. The Morgan fingerprint density at radius 1 is 0.882 bits per heavy atom. The van der Waals surface area contributed by atoms with Crippen LogP contribution in [-0.4, -0.2) is 22.0 Å². The quantitative estimate of drug-likeness (QED) is 0.413. The summed E-state index contributed by atoms with van der Waals surface area (Å²) in [6.07, 6.45) is 4.32. The summed E-state index contributed by atoms with van der Waals surface area (Å²) in [6, 6.07) is 0. The summed E-state index contributed by atoms with van der Waals surface area (Å²) >= 11 is 18.0. The van der Waals surface area contributed by atoms with Crippen LogP contribution in [0.3, 0.4) is 0 Å². The van der Waals surface area contributed by atoms with Crippen LogP contribution in [0.1, 0.15) is 39.5 Å². The molecule has 0 amide bonds. The van der Waals surface area contributed by atoms with E-state index in [-0.39, 0.29) is 26.1 Å². The molecule has 0 atom stereocenters. The van der Waals surface area contributed by atoms with Gasteiger partial charge < -0.3 is 59.2 Å². The molecular formula is C10H18CrO2S4. The van der Waals surface area contributed by atoms with Crippen molar-refractivity contribution in [3.8, 4) is 0 Å². The minimum absolute atomic E-state index is 0. The van der Waals surface area contributed by atoms with Gasteiger partial charge in [0.05, 0.1) is 13.2 Å². The number of ether oxygens (including phenoxy) is 2. The van der Waals surface area contributed by atoms with E-state index in [0.29, 0.717) is 13.2 Å². The fourth-order valence-corrected chi connectivity index (χ4v) is 0.933. The van der Waals surface area contributed by atoms with Crippen LogP contribution in [0.25, 0.3) is 0 Å². The monoisotopic (exact) mass is 350 g/mol. The van der Waals surface area contributed by atoms with E-state index in [1.807, 2.05) is 0 Å². The van der Waals surface area contributed by atoms with Crippen molar-refractivity contribution in [3.63, 3.8) is 0 Å². The first-order valence-corrected chi connectivity index (χ1v) is 6.85. The van der Waals surface area contributed by atoms with Crippen molar-refractivity contribution in [3.05, 3.63) is 0 Å². The van der Waals surface area contributed by atoms with Gasteiger partial charge in [-0.1, -0.05) is 26.7 Å². The zero-order valence-corrected chi connectivity index (χ0v) is 14.6. The van der Waals surface area contributed by atoms with E-state index in [2.05, 4.69) is 63.5 Å². The van der Waals surface area contributed by atoms with Crippen LogP contribution in [0.4, 0.5) is 0 Å². The smallest absolute Gasteiger partial charge is 0.514 e. The molecular weight excluding hydrogens is 332 g/mol. The second kappa shape index (κ2) is 19.1. The third-order valence-corrected chi connectivity index (χ3v) is 1.91. The minimum atomic E-state index is 0. The topological polar surface area (TPSA) is 18.5 Å². The maximum absolute atomic E-state index is 4.83. The predicted molar refractivity (Wildman–Crippen MR) is 81.6 cm³/mol. The van der Waals surface area contributed by atoms with E-state index in [1.165, 1.54) is 0 Å². The first-order chi connectivity index (χ1) is 7.54. The average molecular weight is 351 g/mol. The average Bonchev–Trinajstić information content (AvgIpc) is 2.18. The van der Waals surface area contributed by atoms with Crippen molar-refractivity contribution < 1.29 is 26.8 Å². The van der Waals surface area contributed by atoms with Crippen LogP contribution in [0.2, 0.25) is 0 Å². The minimum Gasteiger partial charge on any atom is -0.514 e. The van der Waals surface area contributed by atoms with Gasteiger partial charge in [-0.3, -0.25) is 0 Å². The molecule has 2 nitrogen and oxygen atoms in total. The van der Waals surface area contributed by atoms with E-state index in [9.17, 15) is 0 Å². The van der Waals surface area contributed by atoms with Gasteiger partial charge >= 0.3 is 17.4 Å². The number of hydrogen-bond acceptors (Lipinski definition) is 6. The van der Waals surface area contributed by atoms with E-state index in [1.54, 1.807) is 0 Å². The molecule has 0 unspecified atom stereocenters. The fourth-order valence-electron chi connectivity index (χ4n) is 0.600. The van der Waals surface area contributed by atoms with Crippen molar-refractivity contribution in [1.82, 2.24) is 0 Å². The molecule has 0 fully saturated rings. The van der Waals surface area contributed by atoms with E-state index in [4.69, 9.17) is 9.47 Å². The number of hydrogen-bond donors (Lipinski definition) is 0. The second-order valence-corrected chi connectivity index (χ2v) is 4.90. The third-order valence-electron chi connectivity index (χ3n) is 1.44. The summed E-state index contributed by atoms with van der Waals surface area (Å²) < 4.78 is 10.1. The Morgan fingerprint density at radius 2 is 1.18 bits per heavy atom. The molecule has 0 spiro atoms. The zero-order chi connectivity index (χ0) is 12.8. The SMILES string of the molecule is CCCCOC(=S)[S-].CCCCOC(=S)[S-].[Cr+2]. The predicted octanol–water partition coefficient (Wildman–Crippen LogP) is 3.27. The Kier molecular flexibility index (Phi) is 25.7. The second-order valence-electron chi connectivity index (χ2n) is 2.90. The molecule has 7 heteroatoms. The molecule has 0 aliphatic rings. The van der Waals surface area contributed by atoms with E-state index >= 15 is 0 Å². The van der Waals surface area contributed by atoms with Gasteiger partial charge in [0, 0.05) is 8.77 Å². The molecule has 0 heterocycles. The van der Waals surface area contributed by atoms with Crippen LogP contribution >= 0.6 is 24.4 Å². The van der Waals surface area contributed by atoms with Crippen molar-refractivity contribution >= 4 is 58.5 Å². The van der Waals surface area contributed by atoms with Gasteiger partial charge in [-0.2, -0.15) is 0 Å². The zero-order valence-electron chi connectivity index (χ0n) is 10.1. The Morgan fingerprint density at radius 3 is 1.35 bits per heavy atom. The standard InChI is InChI=1S/2C5H10OS2.Cr/c2*1-2-3-4-6-5(7)8;/h2*2-4H2,1H3,(H,7,8);/q;;+2/p-2. The van der Waals surface area contributed by atoms with Gasteiger partial charge in [-0.05, 0) is 12.8 Å². The Bertz CT molecular complexity index is 171. The van der Waals surface area contributed by atoms with Gasteiger partial charge in [0.25, 0.3) is 0 Å². The van der Waals surface area contributed by atoms with Gasteiger partial charge in [0.15, 0.2) is 0 Å². The number of thiocarbonyl (C=S) groups is 2. The summed E-state index contributed by atoms with van der Waals surface area (Å²) in [6.45, 7) is 5.54. The van der Waals surface area contributed by atoms with E-state index < -0.39 is 0 Å². The molecule has 0 aliphatic heterocycles. The molecule has 0 aliphatic carbocycles. The van der Waals surface area contributed by atoms with Crippen molar-refractivity contribution in [2.24, 2.45) is 0 Å². The summed E-state index contributed by atoms with van der Waals surface area (Å²) in [4.78, 5) is 0. The van der Waals surface area contributed by atoms with Crippen LogP contribution in [-0.2, 0) is 52.1 Å². The molecule has 0 N–H and O–H groups in total. The molecule has 0 aromatic rings. The van der Waals surface area contributed by atoms with Gasteiger partial charge in [0.2, 0.25) is 0 Å². The first-order valence-electron chi connectivity index (χ1n) is 5.22. The number of rotatable bonds is 6. The largest absolute Gasteiger partial charge is 2.00 e. The molecule has 0 bridgehead atoms. The summed E-state index contributed by atoms with van der Waals surface area (Å²) in [7, 11) is 0. The molecule has 0 rings (SSSR count). The molecule has 0 saturated heterocycles. The van der Waals surface area contributed by atoms with Crippen LogP contribution in [0.5, 0.6) is 0 Å². The fraction of sp³-hybridized carbons (Fsp3) is 0.800. The van der Waals surface area contributed by atoms with Gasteiger partial charge in [-0.15, -0.1) is 0 Å². The van der Waals surface area contributed by atoms with Crippen LogP contribution in [0.15, 0.2) is 0 Å². The molecule has 17 heavy (non-hydrogen) atoms. The maximum Gasteiger partial charge on any atom is 2.00 e. The van der Waals surface area contributed by atoms with E-state index in [0.717, 1.165) is 25.7 Å².